The van der Waals surface area contributed by atoms with Crippen LogP contribution in [0.1, 0.15) is 18.1 Å². The predicted molar refractivity (Wildman–Crippen MR) is 74.2 cm³/mol. The molecule has 0 aliphatic rings. The van der Waals surface area contributed by atoms with E-state index >= 15 is 0 Å². The first-order chi connectivity index (χ1) is 8.04. The van der Waals surface area contributed by atoms with Crippen molar-refractivity contribution >= 4 is 28.8 Å². The Labute approximate surface area is 107 Å². The van der Waals surface area contributed by atoms with E-state index in [4.69, 9.17) is 18.0 Å². The molecule has 4 N–H and O–H groups in total. The number of hydrogen-bond acceptors (Lipinski definition) is 3. The van der Waals surface area contributed by atoms with Crippen LogP contribution in [0.3, 0.4) is 0 Å². The quantitative estimate of drug-likeness (QED) is 0.687. The maximum Gasteiger partial charge on any atom is 0.239 e. The highest BCUT2D eigenvalue weighted by Gasteiger charge is 2.03. The van der Waals surface area contributed by atoms with Gasteiger partial charge in [0.2, 0.25) is 5.91 Å². The predicted octanol–water partition coefficient (Wildman–Crippen LogP) is 1.18. The Bertz CT molecular complexity index is 432. The van der Waals surface area contributed by atoms with Crippen molar-refractivity contribution in [2.45, 2.75) is 13.8 Å². The molecular weight excluding hydrogens is 234 g/mol. The van der Waals surface area contributed by atoms with Gasteiger partial charge in [0.25, 0.3) is 0 Å². The zero-order chi connectivity index (χ0) is 12.8. The largest absolute Gasteiger partial charge is 0.389 e. The number of thiocarbonyl (C=S) groups is 1. The average molecular weight is 251 g/mol. The Balaban J connectivity index is 2.65. The molecule has 0 unspecified atom stereocenters. The van der Waals surface area contributed by atoms with Gasteiger partial charge in [-0.3, -0.25) is 4.79 Å². The monoisotopic (exact) mass is 251 g/mol. The number of amides is 1. The molecule has 1 amide bonds. The number of carbonyl (C=O) groups is 1. The number of nitrogens with two attached hydrogens (primary N) is 1. The summed E-state index contributed by atoms with van der Waals surface area (Å²) in [6, 6.07) is 5.65. The fourth-order valence-corrected chi connectivity index (χ4v) is 1.72. The minimum absolute atomic E-state index is 0.0245. The van der Waals surface area contributed by atoms with Gasteiger partial charge in [0.05, 0.1) is 6.54 Å². The van der Waals surface area contributed by atoms with E-state index in [9.17, 15) is 4.79 Å². The second-order valence-corrected chi connectivity index (χ2v) is 4.14. The van der Waals surface area contributed by atoms with Gasteiger partial charge in [-0.2, -0.15) is 0 Å². The van der Waals surface area contributed by atoms with Crippen molar-refractivity contribution in [3.05, 3.63) is 29.3 Å². The van der Waals surface area contributed by atoms with Crippen molar-refractivity contribution in [3.8, 4) is 0 Å². The molecule has 0 bridgehead atoms. The lowest BCUT2D eigenvalue weighted by Crippen LogP contribution is -2.29. The van der Waals surface area contributed by atoms with Crippen LogP contribution in [0.4, 0.5) is 5.69 Å². The van der Waals surface area contributed by atoms with Crippen LogP contribution in [0.5, 0.6) is 0 Å². The zero-order valence-corrected chi connectivity index (χ0v) is 10.9. The first-order valence-corrected chi connectivity index (χ1v) is 5.86. The Morgan fingerprint density at radius 3 is 2.71 bits per heavy atom. The molecule has 0 radical (unpaired) electrons. The van der Waals surface area contributed by atoms with Crippen molar-refractivity contribution in [2.24, 2.45) is 5.73 Å². The summed E-state index contributed by atoms with van der Waals surface area (Å²) in [5.41, 5.74) is 8.32. The van der Waals surface area contributed by atoms with E-state index in [-0.39, 0.29) is 12.5 Å². The Hall–Kier alpha value is -1.62. The summed E-state index contributed by atoms with van der Waals surface area (Å²) in [4.78, 5) is 11.6. The third-order valence-corrected chi connectivity index (χ3v) is 2.54. The van der Waals surface area contributed by atoms with Gasteiger partial charge in [-0.1, -0.05) is 12.2 Å². The minimum Gasteiger partial charge on any atom is -0.389 e. The molecule has 1 aromatic carbocycles. The van der Waals surface area contributed by atoms with Crippen LogP contribution < -0.4 is 16.4 Å². The van der Waals surface area contributed by atoms with Crippen molar-refractivity contribution in [3.63, 3.8) is 0 Å². The molecule has 1 rings (SSSR count). The van der Waals surface area contributed by atoms with Gasteiger partial charge in [-0.25, -0.2) is 0 Å². The number of likely N-dealkylation sites (N-methyl/N-ethyl adjacent to an activating group) is 1. The van der Waals surface area contributed by atoms with E-state index in [1.807, 2.05) is 32.0 Å². The van der Waals surface area contributed by atoms with E-state index in [2.05, 4.69) is 10.6 Å². The van der Waals surface area contributed by atoms with E-state index in [1.54, 1.807) is 0 Å². The van der Waals surface area contributed by atoms with Gasteiger partial charge in [0, 0.05) is 17.8 Å². The molecule has 0 atom stereocenters. The molecule has 0 fully saturated rings. The van der Waals surface area contributed by atoms with Crippen molar-refractivity contribution in [1.82, 2.24) is 5.32 Å². The lowest BCUT2D eigenvalue weighted by Gasteiger charge is -2.09. The molecule has 1 aromatic rings. The fraction of sp³-hybridized carbons (Fsp3) is 0.333. The topological polar surface area (TPSA) is 67.2 Å². The molecule has 0 aromatic heterocycles. The normalized spacial score (nSPS) is 9.76. The summed E-state index contributed by atoms with van der Waals surface area (Å²) in [7, 11) is 0. The number of aryl methyl sites for hydroxylation is 1. The molecule has 0 aliphatic carbocycles. The Morgan fingerprint density at radius 1 is 1.47 bits per heavy atom. The highest BCUT2D eigenvalue weighted by atomic mass is 32.1. The molecule has 4 nitrogen and oxygen atoms in total. The van der Waals surface area contributed by atoms with Crippen LogP contribution in [0.15, 0.2) is 18.2 Å². The van der Waals surface area contributed by atoms with Gasteiger partial charge in [0.1, 0.15) is 4.99 Å². The van der Waals surface area contributed by atoms with Crippen molar-refractivity contribution in [2.75, 3.05) is 18.4 Å². The van der Waals surface area contributed by atoms with Crippen molar-refractivity contribution in [1.29, 1.82) is 0 Å². The highest BCUT2D eigenvalue weighted by Crippen LogP contribution is 2.14. The average Bonchev–Trinajstić information content (AvgIpc) is 2.26. The van der Waals surface area contributed by atoms with E-state index in [0.29, 0.717) is 11.5 Å². The second-order valence-electron chi connectivity index (χ2n) is 3.70. The summed E-state index contributed by atoms with van der Waals surface area (Å²) in [6.45, 7) is 4.73. The number of nitrogens with one attached hydrogen (secondary N) is 2. The summed E-state index contributed by atoms with van der Waals surface area (Å²) in [5, 5.41) is 5.76. The van der Waals surface area contributed by atoms with Crippen LogP contribution in [0.25, 0.3) is 0 Å². The SMILES string of the molecule is CCNC(=O)CNc1ccc(C(N)=S)c(C)c1. The van der Waals surface area contributed by atoms with Gasteiger partial charge >= 0.3 is 0 Å². The number of carbonyl (C=O) groups excluding carboxylic acids is 1. The molecule has 0 spiro atoms. The van der Waals surface area contributed by atoms with Gasteiger partial charge in [-0.15, -0.1) is 0 Å². The molecule has 0 heterocycles. The third kappa shape index (κ3) is 4.03. The van der Waals surface area contributed by atoms with Crippen molar-refractivity contribution < 1.29 is 4.79 Å². The van der Waals surface area contributed by atoms with Gasteiger partial charge in [0.15, 0.2) is 0 Å². The van der Waals surface area contributed by atoms with Crippen LogP contribution in [0, 0.1) is 6.92 Å². The molecule has 17 heavy (non-hydrogen) atoms. The third-order valence-electron chi connectivity index (χ3n) is 2.32. The van der Waals surface area contributed by atoms with Crippen LogP contribution in [0.2, 0.25) is 0 Å². The number of benzene rings is 1. The van der Waals surface area contributed by atoms with Crippen LogP contribution in [-0.2, 0) is 4.79 Å². The first kappa shape index (κ1) is 13.4. The smallest absolute Gasteiger partial charge is 0.239 e. The Kier molecular flexibility index (Phi) is 4.90. The van der Waals surface area contributed by atoms with Crippen LogP contribution in [-0.4, -0.2) is 24.0 Å². The molecule has 0 aliphatic heterocycles. The fourth-order valence-electron chi connectivity index (χ4n) is 1.49. The standard InChI is InChI=1S/C12H17N3OS/c1-3-14-11(16)7-15-9-4-5-10(12(13)17)8(2)6-9/h4-6,15H,3,7H2,1-2H3,(H2,13,17)(H,14,16). The minimum atomic E-state index is -0.0245. The summed E-state index contributed by atoms with van der Waals surface area (Å²) >= 11 is 4.93. The van der Waals surface area contributed by atoms with E-state index in [1.165, 1.54) is 0 Å². The summed E-state index contributed by atoms with van der Waals surface area (Å²) in [5.74, 6) is -0.0245. The molecular formula is C12H17N3OS. The van der Waals surface area contributed by atoms with E-state index in [0.717, 1.165) is 16.8 Å². The Morgan fingerprint density at radius 2 is 2.18 bits per heavy atom. The van der Waals surface area contributed by atoms with Gasteiger partial charge < -0.3 is 16.4 Å². The van der Waals surface area contributed by atoms with E-state index < -0.39 is 0 Å². The lowest BCUT2D eigenvalue weighted by molar-refractivity contribution is -0.119. The number of anilines is 1. The summed E-state index contributed by atoms with van der Waals surface area (Å²) < 4.78 is 0. The number of hydrogen-bond donors (Lipinski definition) is 3. The molecule has 0 saturated carbocycles. The maximum absolute atomic E-state index is 11.3. The first-order valence-electron chi connectivity index (χ1n) is 5.45. The molecule has 5 heteroatoms. The van der Waals surface area contributed by atoms with Gasteiger partial charge in [-0.05, 0) is 37.6 Å². The zero-order valence-electron chi connectivity index (χ0n) is 10.0. The maximum atomic E-state index is 11.3. The second kappa shape index (κ2) is 6.20. The summed E-state index contributed by atoms with van der Waals surface area (Å²) in [6.07, 6.45) is 0. The molecule has 92 valence electrons. The molecule has 0 saturated heterocycles. The number of rotatable bonds is 5. The highest BCUT2D eigenvalue weighted by molar-refractivity contribution is 7.80. The lowest BCUT2D eigenvalue weighted by atomic mass is 10.1. The van der Waals surface area contributed by atoms with Crippen LogP contribution >= 0.6 is 12.2 Å².